The van der Waals surface area contributed by atoms with Crippen LogP contribution in [0.3, 0.4) is 0 Å². The highest BCUT2D eigenvalue weighted by Gasteiger charge is 2.21. The van der Waals surface area contributed by atoms with Gasteiger partial charge in [-0.05, 0) is 12.8 Å². The van der Waals surface area contributed by atoms with Gasteiger partial charge in [-0.2, -0.15) is 5.26 Å². The molecule has 0 aromatic carbocycles. The molecule has 1 fully saturated rings. The fourth-order valence-corrected chi connectivity index (χ4v) is 2.99. The first-order valence-electron chi connectivity index (χ1n) is 6.57. The lowest BCUT2D eigenvalue weighted by Crippen LogP contribution is -2.14. The molecule has 2 heterocycles. The fraction of sp³-hybridized carbons (Fsp3) is 0.429. The maximum Gasteiger partial charge on any atom is 0.253 e. The zero-order chi connectivity index (χ0) is 13.4. The molecule has 0 radical (unpaired) electrons. The Morgan fingerprint density at radius 1 is 1.37 bits per heavy atom. The summed E-state index contributed by atoms with van der Waals surface area (Å²) in [6, 6.07) is 3.51. The molecule has 1 saturated carbocycles. The molecule has 19 heavy (non-hydrogen) atoms. The van der Waals surface area contributed by atoms with Crippen molar-refractivity contribution in [1.29, 1.82) is 5.26 Å². The molecule has 3 rings (SSSR count). The average molecular weight is 257 g/mol. The number of aromatic amines is 1. The van der Waals surface area contributed by atoms with E-state index in [0.717, 1.165) is 31.7 Å². The van der Waals surface area contributed by atoms with E-state index in [1.165, 1.54) is 6.42 Å². The molecule has 2 N–H and O–H groups in total. The van der Waals surface area contributed by atoms with Gasteiger partial charge in [0.2, 0.25) is 0 Å². The Morgan fingerprint density at radius 2 is 2.11 bits per heavy atom. The van der Waals surface area contributed by atoms with E-state index in [9.17, 15) is 15.2 Å². The Labute approximate surface area is 110 Å². The molecular weight excluding hydrogens is 242 g/mol. The third-order valence-corrected chi connectivity index (χ3v) is 3.89. The SMILES string of the molecule is N#Cc1cn(C2CCCCC2)c2[nH]c(=O)cc(O)c12. The minimum absolute atomic E-state index is 0.121. The van der Waals surface area contributed by atoms with Gasteiger partial charge in [-0.1, -0.05) is 19.3 Å². The van der Waals surface area contributed by atoms with Crippen molar-refractivity contribution in [3.8, 4) is 11.8 Å². The van der Waals surface area contributed by atoms with Crippen molar-refractivity contribution in [3.63, 3.8) is 0 Å². The molecule has 2 aromatic rings. The van der Waals surface area contributed by atoms with Gasteiger partial charge in [-0.25, -0.2) is 0 Å². The third-order valence-electron chi connectivity index (χ3n) is 3.89. The van der Waals surface area contributed by atoms with Crippen molar-refractivity contribution < 1.29 is 5.11 Å². The number of hydrogen-bond donors (Lipinski definition) is 2. The monoisotopic (exact) mass is 257 g/mol. The van der Waals surface area contributed by atoms with Gasteiger partial charge in [0.15, 0.2) is 0 Å². The number of hydrogen-bond acceptors (Lipinski definition) is 3. The fourth-order valence-electron chi connectivity index (χ4n) is 2.99. The number of aromatic nitrogens is 2. The van der Waals surface area contributed by atoms with Gasteiger partial charge in [-0.3, -0.25) is 4.79 Å². The van der Waals surface area contributed by atoms with Gasteiger partial charge in [0, 0.05) is 18.3 Å². The first-order chi connectivity index (χ1) is 9.20. The molecule has 98 valence electrons. The summed E-state index contributed by atoms with van der Waals surface area (Å²) in [6.45, 7) is 0. The topological polar surface area (TPSA) is 81.8 Å². The Hall–Kier alpha value is -2.22. The van der Waals surface area contributed by atoms with Crippen molar-refractivity contribution in [3.05, 3.63) is 28.2 Å². The Morgan fingerprint density at radius 3 is 2.79 bits per heavy atom. The summed E-state index contributed by atoms with van der Waals surface area (Å²) in [5.74, 6) is -0.121. The Bertz CT molecular complexity index is 715. The summed E-state index contributed by atoms with van der Waals surface area (Å²) >= 11 is 0. The van der Waals surface area contributed by atoms with E-state index in [-0.39, 0.29) is 11.3 Å². The quantitative estimate of drug-likeness (QED) is 0.823. The van der Waals surface area contributed by atoms with Crippen molar-refractivity contribution in [1.82, 2.24) is 9.55 Å². The molecular formula is C14H15N3O2. The molecule has 2 aromatic heterocycles. The van der Waals surface area contributed by atoms with E-state index in [0.29, 0.717) is 22.6 Å². The number of rotatable bonds is 1. The number of nitrogens with zero attached hydrogens (tertiary/aromatic N) is 2. The molecule has 0 amide bonds. The van der Waals surface area contributed by atoms with Gasteiger partial charge in [0.1, 0.15) is 17.5 Å². The van der Waals surface area contributed by atoms with E-state index < -0.39 is 0 Å². The van der Waals surface area contributed by atoms with Crippen LogP contribution in [0.5, 0.6) is 5.75 Å². The second-order valence-electron chi connectivity index (χ2n) is 5.10. The van der Waals surface area contributed by atoms with Crippen LogP contribution in [-0.4, -0.2) is 14.7 Å². The predicted molar refractivity (Wildman–Crippen MR) is 71.1 cm³/mol. The first-order valence-corrected chi connectivity index (χ1v) is 6.57. The van der Waals surface area contributed by atoms with Crippen LogP contribution in [0, 0.1) is 11.3 Å². The average Bonchev–Trinajstić information content (AvgIpc) is 2.78. The number of aromatic hydroxyl groups is 1. The zero-order valence-electron chi connectivity index (χ0n) is 10.5. The van der Waals surface area contributed by atoms with Crippen LogP contribution >= 0.6 is 0 Å². The van der Waals surface area contributed by atoms with Crippen molar-refractivity contribution in [2.24, 2.45) is 0 Å². The molecule has 0 bridgehead atoms. The van der Waals surface area contributed by atoms with Crippen LogP contribution in [-0.2, 0) is 0 Å². The first kappa shape index (κ1) is 11.8. The van der Waals surface area contributed by atoms with E-state index in [4.69, 9.17) is 0 Å². The standard InChI is InChI=1S/C14H15N3O2/c15-7-9-8-17(10-4-2-1-3-5-10)14-13(9)11(18)6-12(19)16-14/h6,8,10H,1-5H2,(H2,16,18,19). The highest BCUT2D eigenvalue weighted by Crippen LogP contribution is 2.34. The van der Waals surface area contributed by atoms with Crippen molar-refractivity contribution in [2.45, 2.75) is 38.1 Å². The van der Waals surface area contributed by atoms with Gasteiger partial charge in [0.05, 0.1) is 10.9 Å². The summed E-state index contributed by atoms with van der Waals surface area (Å²) < 4.78 is 1.95. The number of pyridine rings is 1. The minimum Gasteiger partial charge on any atom is -0.507 e. The molecule has 1 aliphatic rings. The second kappa shape index (κ2) is 4.47. The van der Waals surface area contributed by atoms with E-state index in [2.05, 4.69) is 11.1 Å². The summed E-state index contributed by atoms with van der Waals surface area (Å²) in [4.78, 5) is 14.3. The maximum absolute atomic E-state index is 11.5. The van der Waals surface area contributed by atoms with Crippen LogP contribution in [0.2, 0.25) is 0 Å². The highest BCUT2D eigenvalue weighted by molar-refractivity contribution is 5.89. The molecule has 0 atom stereocenters. The van der Waals surface area contributed by atoms with Crippen LogP contribution in [0.25, 0.3) is 11.0 Å². The third kappa shape index (κ3) is 1.89. The van der Waals surface area contributed by atoms with Crippen LogP contribution < -0.4 is 5.56 Å². The van der Waals surface area contributed by atoms with Gasteiger partial charge in [-0.15, -0.1) is 0 Å². The molecule has 1 aliphatic carbocycles. The van der Waals surface area contributed by atoms with Crippen molar-refractivity contribution in [2.75, 3.05) is 0 Å². The lowest BCUT2D eigenvalue weighted by atomic mass is 9.95. The lowest BCUT2D eigenvalue weighted by Gasteiger charge is -2.23. The maximum atomic E-state index is 11.5. The van der Waals surface area contributed by atoms with E-state index >= 15 is 0 Å². The highest BCUT2D eigenvalue weighted by atomic mass is 16.3. The Balaban J connectivity index is 2.25. The Kier molecular flexibility index (Phi) is 2.79. The zero-order valence-corrected chi connectivity index (χ0v) is 10.5. The van der Waals surface area contributed by atoms with Crippen LogP contribution in [0.15, 0.2) is 17.1 Å². The van der Waals surface area contributed by atoms with E-state index in [1.54, 1.807) is 6.20 Å². The van der Waals surface area contributed by atoms with Gasteiger partial charge < -0.3 is 14.7 Å². The summed E-state index contributed by atoms with van der Waals surface area (Å²) in [6.07, 6.45) is 7.40. The van der Waals surface area contributed by atoms with Gasteiger partial charge in [0.25, 0.3) is 5.56 Å². The second-order valence-corrected chi connectivity index (χ2v) is 5.10. The van der Waals surface area contributed by atoms with E-state index in [1.807, 2.05) is 4.57 Å². The van der Waals surface area contributed by atoms with Gasteiger partial charge >= 0.3 is 0 Å². The molecule has 5 nitrogen and oxygen atoms in total. The van der Waals surface area contributed by atoms with Crippen molar-refractivity contribution >= 4 is 11.0 Å². The summed E-state index contributed by atoms with van der Waals surface area (Å²) in [7, 11) is 0. The molecule has 0 spiro atoms. The van der Waals surface area contributed by atoms with Crippen LogP contribution in [0.4, 0.5) is 0 Å². The lowest BCUT2D eigenvalue weighted by molar-refractivity contribution is 0.359. The minimum atomic E-state index is -0.343. The smallest absolute Gasteiger partial charge is 0.253 e. The predicted octanol–water partition coefficient (Wildman–Crippen LogP) is 2.41. The summed E-state index contributed by atoms with van der Waals surface area (Å²) in [5, 5.41) is 19.5. The molecule has 0 saturated heterocycles. The largest absolute Gasteiger partial charge is 0.507 e. The molecule has 5 heteroatoms. The van der Waals surface area contributed by atoms with Crippen LogP contribution in [0.1, 0.15) is 43.7 Å². The number of nitriles is 1. The summed E-state index contributed by atoms with van der Waals surface area (Å²) in [5.41, 5.74) is 0.632. The normalized spacial score (nSPS) is 16.6. The number of H-pyrrole nitrogens is 1. The number of nitrogens with one attached hydrogen (secondary N) is 1. The molecule has 0 aliphatic heterocycles. The molecule has 0 unspecified atom stereocenters. The number of fused-ring (bicyclic) bond motifs is 1.